The molecule has 3 rings (SSSR count). The molecule has 2 unspecified atom stereocenters. The lowest BCUT2D eigenvalue weighted by atomic mass is 9.86. The number of ether oxygens (including phenoxy) is 2. The Balaban J connectivity index is 1.88. The van der Waals surface area contributed by atoms with Crippen LogP contribution in [0.5, 0.6) is 5.75 Å². The normalized spacial score (nSPS) is 13.1. The molecule has 1 N–H and O–H groups in total. The summed E-state index contributed by atoms with van der Waals surface area (Å²) in [6.07, 6.45) is 0.765. The number of carbonyl (C=O) groups excluding carboxylic acids is 3. The number of rotatable bonds is 12. The Morgan fingerprint density at radius 2 is 1.60 bits per heavy atom. The predicted octanol–water partition coefficient (Wildman–Crippen LogP) is 5.50. The van der Waals surface area contributed by atoms with E-state index in [0.717, 1.165) is 11.1 Å². The van der Waals surface area contributed by atoms with E-state index >= 15 is 0 Å². The summed E-state index contributed by atoms with van der Waals surface area (Å²) in [5.74, 6) is -12.6. The Bertz CT molecular complexity index is 1670. The molecule has 0 fully saturated rings. The van der Waals surface area contributed by atoms with Crippen molar-refractivity contribution in [2.24, 2.45) is 0 Å². The molecule has 2 atom stereocenters. The summed E-state index contributed by atoms with van der Waals surface area (Å²) in [5, 5.41) is 6.59. The Kier molecular flexibility index (Phi) is 11.7. The minimum Gasteiger partial charge on any atom is -0.479 e. The van der Waals surface area contributed by atoms with Gasteiger partial charge in [-0.05, 0) is 49.8 Å². The number of hydrogen-bond donors (Lipinski definition) is 1. The van der Waals surface area contributed by atoms with Gasteiger partial charge in [0.1, 0.15) is 18.2 Å². The molecule has 0 aliphatic rings. The molecule has 3 aromatic rings. The summed E-state index contributed by atoms with van der Waals surface area (Å²) in [6.45, 7) is 11.5. The van der Waals surface area contributed by atoms with Crippen molar-refractivity contribution in [3.8, 4) is 5.75 Å². The molecule has 0 bridgehead atoms. The third-order valence-electron chi connectivity index (χ3n) is 7.09. The number of ketones is 1. The van der Waals surface area contributed by atoms with E-state index in [-0.39, 0.29) is 30.0 Å². The van der Waals surface area contributed by atoms with Crippen LogP contribution in [0.4, 0.5) is 17.6 Å². The van der Waals surface area contributed by atoms with E-state index in [1.54, 1.807) is 27.7 Å². The van der Waals surface area contributed by atoms with E-state index in [2.05, 4.69) is 31.2 Å². The number of nitrogens with one attached hydrogen (secondary N) is 1. The summed E-state index contributed by atoms with van der Waals surface area (Å²) >= 11 is 0. The third kappa shape index (κ3) is 9.72. The predicted molar refractivity (Wildman–Crippen MR) is 165 cm³/mol. The van der Waals surface area contributed by atoms with Crippen LogP contribution in [-0.2, 0) is 31.1 Å². The molecule has 254 valence electrons. The van der Waals surface area contributed by atoms with E-state index in [1.807, 2.05) is 24.3 Å². The van der Waals surface area contributed by atoms with Crippen LogP contribution in [0.15, 0.2) is 47.4 Å². The van der Waals surface area contributed by atoms with E-state index in [9.17, 15) is 36.7 Å². The molecule has 1 amide bonds. The number of Topliss-reactive ketones (excluding diaryl/α,β-unsaturated/α-hetero) is 1. The van der Waals surface area contributed by atoms with Gasteiger partial charge in [0.2, 0.25) is 17.5 Å². The Morgan fingerprint density at radius 1 is 0.957 bits per heavy atom. The van der Waals surface area contributed by atoms with Gasteiger partial charge in [0, 0.05) is 17.8 Å². The first-order valence-corrected chi connectivity index (χ1v) is 15.0. The fourth-order valence-electron chi connectivity index (χ4n) is 4.69. The van der Waals surface area contributed by atoms with Crippen molar-refractivity contribution in [1.82, 2.24) is 15.1 Å². The second-order valence-electron chi connectivity index (χ2n) is 13.1. The van der Waals surface area contributed by atoms with Crippen LogP contribution in [0.2, 0.25) is 0 Å². The first-order valence-electron chi connectivity index (χ1n) is 15.0. The first-order chi connectivity index (χ1) is 21.8. The number of aromatic nitrogens is 2. The molecule has 0 aliphatic heterocycles. The van der Waals surface area contributed by atoms with Gasteiger partial charge in [-0.15, -0.1) is 0 Å². The Morgan fingerprint density at radius 3 is 2.17 bits per heavy atom. The lowest BCUT2D eigenvalue weighted by Gasteiger charge is -2.24. The maximum atomic E-state index is 14.1. The summed E-state index contributed by atoms with van der Waals surface area (Å²) in [4.78, 5) is 52.9. The maximum Gasteiger partial charge on any atom is 0.308 e. The van der Waals surface area contributed by atoms with Crippen molar-refractivity contribution in [1.29, 1.82) is 0 Å². The molecule has 9 nitrogen and oxygen atoms in total. The summed E-state index contributed by atoms with van der Waals surface area (Å²) in [5.41, 5.74) is 0.310. The summed E-state index contributed by atoms with van der Waals surface area (Å²) in [7, 11) is 0. The van der Waals surface area contributed by atoms with Crippen molar-refractivity contribution < 1.29 is 41.4 Å². The number of benzene rings is 2. The van der Waals surface area contributed by atoms with Gasteiger partial charge in [-0.2, -0.15) is 13.9 Å². The molecule has 47 heavy (non-hydrogen) atoms. The third-order valence-corrected chi connectivity index (χ3v) is 7.09. The largest absolute Gasteiger partial charge is 0.479 e. The van der Waals surface area contributed by atoms with Crippen LogP contribution in [0.25, 0.3) is 0 Å². The summed E-state index contributed by atoms with van der Waals surface area (Å²) < 4.78 is 66.8. The van der Waals surface area contributed by atoms with E-state index < -0.39 is 82.8 Å². The zero-order valence-corrected chi connectivity index (χ0v) is 27.4. The second-order valence-corrected chi connectivity index (χ2v) is 13.1. The lowest BCUT2D eigenvalue weighted by molar-refractivity contribution is -0.156. The highest BCUT2D eigenvalue weighted by Crippen LogP contribution is 2.27. The van der Waals surface area contributed by atoms with E-state index in [1.165, 1.54) is 16.9 Å². The van der Waals surface area contributed by atoms with Gasteiger partial charge < -0.3 is 14.8 Å². The smallest absolute Gasteiger partial charge is 0.308 e. The molecular weight excluding hydrogens is 622 g/mol. The molecular formula is C34H39F4N3O6. The van der Waals surface area contributed by atoms with E-state index in [0.29, 0.717) is 0 Å². The first kappa shape index (κ1) is 36.9. The van der Waals surface area contributed by atoms with Gasteiger partial charge in [0.05, 0.1) is 18.9 Å². The van der Waals surface area contributed by atoms with Crippen molar-refractivity contribution in [3.05, 3.63) is 92.9 Å². The minimum absolute atomic E-state index is 0.0220. The highest BCUT2D eigenvalue weighted by Gasteiger charge is 2.32. The molecule has 0 spiro atoms. The number of halogens is 4. The van der Waals surface area contributed by atoms with Crippen LogP contribution in [0.3, 0.4) is 0 Å². The number of esters is 1. The number of hydrogen-bond acceptors (Lipinski definition) is 7. The molecule has 0 radical (unpaired) electrons. The van der Waals surface area contributed by atoms with Crippen molar-refractivity contribution in [2.45, 2.75) is 90.8 Å². The Hall–Kier alpha value is -4.55. The molecule has 0 saturated heterocycles. The summed E-state index contributed by atoms with van der Waals surface area (Å²) in [6, 6.07) is 7.39. The van der Waals surface area contributed by atoms with Crippen LogP contribution >= 0.6 is 0 Å². The maximum absolute atomic E-state index is 14.1. The second kappa shape index (κ2) is 14.9. The van der Waals surface area contributed by atoms with Crippen LogP contribution in [-0.4, -0.2) is 45.7 Å². The molecule has 13 heteroatoms. The van der Waals surface area contributed by atoms with Gasteiger partial charge in [0.25, 0.3) is 5.56 Å². The fourth-order valence-corrected chi connectivity index (χ4v) is 4.69. The number of amides is 1. The van der Waals surface area contributed by atoms with Crippen molar-refractivity contribution >= 4 is 17.7 Å². The molecule has 0 saturated carbocycles. The van der Waals surface area contributed by atoms with Gasteiger partial charge in [-0.25, -0.2) is 13.5 Å². The monoisotopic (exact) mass is 661 g/mol. The minimum atomic E-state index is -1.87. The number of nitrogens with zero attached hydrogens (tertiary/aromatic N) is 2. The molecule has 2 aromatic carbocycles. The SMILES string of the molecule is CCC(C(=O)NC(CC(=O)OC(C)(C)C)C(=O)COc1c(F)c(F)cc(F)c1F)c1ccnn(Cc2cccc(C(C)(C)C)c2)c1=O. The van der Waals surface area contributed by atoms with Crippen LogP contribution in [0, 0.1) is 23.3 Å². The molecule has 1 aromatic heterocycles. The highest BCUT2D eigenvalue weighted by atomic mass is 19.2. The van der Waals surface area contributed by atoms with E-state index in [4.69, 9.17) is 9.47 Å². The zero-order valence-electron chi connectivity index (χ0n) is 27.4. The van der Waals surface area contributed by atoms with Gasteiger partial charge >= 0.3 is 5.97 Å². The van der Waals surface area contributed by atoms with Crippen molar-refractivity contribution in [2.75, 3.05) is 6.61 Å². The van der Waals surface area contributed by atoms with Gasteiger partial charge in [0.15, 0.2) is 23.2 Å². The van der Waals surface area contributed by atoms with Crippen LogP contribution < -0.4 is 15.6 Å². The topological polar surface area (TPSA) is 117 Å². The molecule has 1 heterocycles. The molecule has 0 aliphatic carbocycles. The Labute approximate surface area is 270 Å². The van der Waals surface area contributed by atoms with Gasteiger partial charge in [-0.3, -0.25) is 19.2 Å². The van der Waals surface area contributed by atoms with Crippen LogP contribution in [0.1, 0.15) is 83.9 Å². The highest BCUT2D eigenvalue weighted by molar-refractivity contribution is 5.94. The average Bonchev–Trinajstić information content (AvgIpc) is 2.96. The average molecular weight is 662 g/mol. The lowest BCUT2D eigenvalue weighted by Crippen LogP contribution is -2.47. The number of carbonyl (C=O) groups is 3. The fraction of sp³-hybridized carbons (Fsp3) is 0.441. The quantitative estimate of drug-likeness (QED) is 0.155. The van der Waals surface area contributed by atoms with Crippen molar-refractivity contribution in [3.63, 3.8) is 0 Å². The zero-order chi connectivity index (χ0) is 35.3. The van der Waals surface area contributed by atoms with Gasteiger partial charge in [-0.1, -0.05) is 52.0 Å². The standard InChI is InChI=1S/C34H39F4N3O6/c1-8-21(22-12-13-39-41(32(22)45)17-19-10-9-11-20(14-19)33(2,3)4)31(44)40-25(16-27(43)47-34(5,6)7)26(42)18-46-30-28(37)23(35)15-24(36)29(30)38/h9-15,21,25H,8,16-18H2,1-7H3,(H,40,44).